The van der Waals surface area contributed by atoms with Gasteiger partial charge in [-0.25, -0.2) is 0 Å². The Bertz CT molecular complexity index is 615. The van der Waals surface area contributed by atoms with Gasteiger partial charge in [0.2, 0.25) is 0 Å². The SMILES string of the molecule is COc1ccc(OCC(=O)N2Cc3cccnc3C2)cc1. The zero-order valence-electron chi connectivity index (χ0n) is 11.8. The van der Waals surface area contributed by atoms with Crippen molar-refractivity contribution in [1.29, 1.82) is 0 Å². The van der Waals surface area contributed by atoms with E-state index < -0.39 is 0 Å². The highest BCUT2D eigenvalue weighted by Gasteiger charge is 2.24. The van der Waals surface area contributed by atoms with Gasteiger partial charge in [-0.2, -0.15) is 0 Å². The molecule has 0 fully saturated rings. The van der Waals surface area contributed by atoms with Crippen LogP contribution in [0.15, 0.2) is 42.6 Å². The minimum absolute atomic E-state index is 0.0281. The molecule has 0 bridgehead atoms. The Morgan fingerprint density at radius 2 is 1.95 bits per heavy atom. The van der Waals surface area contributed by atoms with Gasteiger partial charge in [0.25, 0.3) is 5.91 Å². The van der Waals surface area contributed by atoms with Gasteiger partial charge in [-0.1, -0.05) is 6.07 Å². The second-order valence-electron chi connectivity index (χ2n) is 4.82. The highest BCUT2D eigenvalue weighted by Crippen LogP contribution is 2.21. The van der Waals surface area contributed by atoms with E-state index in [0.717, 1.165) is 17.0 Å². The molecular formula is C16H16N2O3. The Hall–Kier alpha value is -2.56. The van der Waals surface area contributed by atoms with Crippen molar-refractivity contribution in [2.24, 2.45) is 0 Å². The number of ether oxygens (including phenoxy) is 2. The molecule has 2 aromatic rings. The molecule has 0 N–H and O–H groups in total. The number of methoxy groups -OCH3 is 1. The van der Waals surface area contributed by atoms with Gasteiger partial charge in [0.05, 0.1) is 19.3 Å². The van der Waals surface area contributed by atoms with Gasteiger partial charge in [0.15, 0.2) is 6.61 Å². The second kappa shape index (κ2) is 5.83. The van der Waals surface area contributed by atoms with Gasteiger partial charge in [-0.3, -0.25) is 9.78 Å². The molecule has 0 aliphatic carbocycles. The van der Waals surface area contributed by atoms with E-state index in [2.05, 4.69) is 4.98 Å². The standard InChI is InChI=1S/C16H16N2O3/c1-20-13-4-6-14(7-5-13)21-11-16(19)18-9-12-3-2-8-17-15(12)10-18/h2-8H,9-11H2,1H3. The number of benzene rings is 1. The fourth-order valence-electron chi connectivity index (χ4n) is 2.28. The van der Waals surface area contributed by atoms with E-state index in [9.17, 15) is 4.79 Å². The average Bonchev–Trinajstić information content (AvgIpc) is 2.97. The van der Waals surface area contributed by atoms with Crippen LogP contribution in [0.25, 0.3) is 0 Å². The van der Waals surface area contributed by atoms with E-state index in [1.807, 2.05) is 12.1 Å². The monoisotopic (exact) mass is 284 g/mol. The quantitative estimate of drug-likeness (QED) is 0.862. The number of carbonyl (C=O) groups excluding carboxylic acids is 1. The first-order valence-electron chi connectivity index (χ1n) is 6.73. The summed E-state index contributed by atoms with van der Waals surface area (Å²) >= 11 is 0. The Labute approximate surface area is 123 Å². The lowest BCUT2D eigenvalue weighted by atomic mass is 10.2. The molecule has 0 radical (unpaired) electrons. The summed E-state index contributed by atoms with van der Waals surface area (Å²) in [5.41, 5.74) is 2.07. The summed E-state index contributed by atoms with van der Waals surface area (Å²) in [4.78, 5) is 18.2. The topological polar surface area (TPSA) is 51.7 Å². The van der Waals surface area contributed by atoms with Gasteiger partial charge < -0.3 is 14.4 Å². The minimum Gasteiger partial charge on any atom is -0.497 e. The molecule has 0 spiro atoms. The van der Waals surface area contributed by atoms with Crippen molar-refractivity contribution in [3.8, 4) is 11.5 Å². The first kappa shape index (κ1) is 13.4. The number of nitrogens with zero attached hydrogens (tertiary/aromatic N) is 2. The van der Waals surface area contributed by atoms with Crippen LogP contribution < -0.4 is 9.47 Å². The maximum Gasteiger partial charge on any atom is 0.261 e. The van der Waals surface area contributed by atoms with Gasteiger partial charge >= 0.3 is 0 Å². The normalized spacial score (nSPS) is 12.9. The van der Waals surface area contributed by atoms with Gasteiger partial charge in [0, 0.05) is 12.7 Å². The molecule has 0 atom stereocenters. The van der Waals surface area contributed by atoms with E-state index in [1.165, 1.54) is 0 Å². The number of amides is 1. The van der Waals surface area contributed by atoms with E-state index in [1.54, 1.807) is 42.5 Å². The molecule has 1 aromatic heterocycles. The number of hydrogen-bond acceptors (Lipinski definition) is 4. The number of fused-ring (bicyclic) bond motifs is 1. The molecule has 1 aliphatic rings. The number of rotatable bonds is 4. The van der Waals surface area contributed by atoms with Crippen LogP contribution in [0.2, 0.25) is 0 Å². The van der Waals surface area contributed by atoms with Crippen LogP contribution in [-0.4, -0.2) is 29.5 Å². The fraction of sp³-hybridized carbons (Fsp3) is 0.250. The van der Waals surface area contributed by atoms with Crippen LogP contribution in [0.5, 0.6) is 11.5 Å². The predicted molar refractivity (Wildman–Crippen MR) is 77.0 cm³/mol. The molecule has 0 saturated heterocycles. The highest BCUT2D eigenvalue weighted by atomic mass is 16.5. The second-order valence-corrected chi connectivity index (χ2v) is 4.82. The van der Waals surface area contributed by atoms with Crippen molar-refractivity contribution in [2.75, 3.05) is 13.7 Å². The van der Waals surface area contributed by atoms with Crippen LogP contribution in [0.1, 0.15) is 11.3 Å². The zero-order valence-corrected chi connectivity index (χ0v) is 11.8. The molecule has 21 heavy (non-hydrogen) atoms. The maximum absolute atomic E-state index is 12.2. The Morgan fingerprint density at radius 1 is 1.19 bits per heavy atom. The van der Waals surface area contributed by atoms with Crippen molar-refractivity contribution < 1.29 is 14.3 Å². The zero-order chi connectivity index (χ0) is 14.7. The van der Waals surface area contributed by atoms with Crippen LogP contribution in [-0.2, 0) is 17.9 Å². The average molecular weight is 284 g/mol. The molecular weight excluding hydrogens is 268 g/mol. The van der Waals surface area contributed by atoms with E-state index in [0.29, 0.717) is 18.8 Å². The lowest BCUT2D eigenvalue weighted by Gasteiger charge is -2.15. The summed E-state index contributed by atoms with van der Waals surface area (Å²) in [6.07, 6.45) is 1.75. The summed E-state index contributed by atoms with van der Waals surface area (Å²) in [5.74, 6) is 1.37. The predicted octanol–water partition coefficient (Wildman–Crippen LogP) is 2.01. The largest absolute Gasteiger partial charge is 0.497 e. The van der Waals surface area contributed by atoms with Crippen LogP contribution in [0, 0.1) is 0 Å². The van der Waals surface area contributed by atoms with Crippen LogP contribution in [0.4, 0.5) is 0 Å². The van der Waals surface area contributed by atoms with E-state index in [-0.39, 0.29) is 12.5 Å². The molecule has 5 nitrogen and oxygen atoms in total. The van der Waals surface area contributed by atoms with E-state index in [4.69, 9.17) is 9.47 Å². The molecule has 5 heteroatoms. The first-order chi connectivity index (χ1) is 10.3. The summed E-state index contributed by atoms with van der Waals surface area (Å²) in [6, 6.07) is 11.1. The third-order valence-electron chi connectivity index (χ3n) is 3.46. The number of aromatic nitrogens is 1. The Morgan fingerprint density at radius 3 is 2.67 bits per heavy atom. The maximum atomic E-state index is 12.2. The fourth-order valence-corrected chi connectivity index (χ4v) is 2.28. The third-order valence-corrected chi connectivity index (χ3v) is 3.46. The Kier molecular flexibility index (Phi) is 3.73. The smallest absolute Gasteiger partial charge is 0.261 e. The summed E-state index contributed by atoms with van der Waals surface area (Å²) in [6.45, 7) is 1.19. The molecule has 108 valence electrons. The lowest BCUT2D eigenvalue weighted by Crippen LogP contribution is -2.30. The van der Waals surface area contributed by atoms with E-state index >= 15 is 0 Å². The molecule has 1 aliphatic heterocycles. The van der Waals surface area contributed by atoms with Crippen molar-refractivity contribution in [3.63, 3.8) is 0 Å². The van der Waals surface area contributed by atoms with Crippen molar-refractivity contribution in [1.82, 2.24) is 9.88 Å². The van der Waals surface area contributed by atoms with Crippen molar-refractivity contribution in [2.45, 2.75) is 13.1 Å². The number of carbonyl (C=O) groups is 1. The summed E-state index contributed by atoms with van der Waals surface area (Å²) < 4.78 is 10.6. The van der Waals surface area contributed by atoms with Gasteiger partial charge in [-0.15, -0.1) is 0 Å². The van der Waals surface area contributed by atoms with Gasteiger partial charge in [0.1, 0.15) is 11.5 Å². The third kappa shape index (κ3) is 2.97. The highest BCUT2D eigenvalue weighted by molar-refractivity contribution is 5.78. The minimum atomic E-state index is -0.0381. The molecule has 0 saturated carbocycles. The van der Waals surface area contributed by atoms with Crippen molar-refractivity contribution in [3.05, 3.63) is 53.9 Å². The van der Waals surface area contributed by atoms with Crippen molar-refractivity contribution >= 4 is 5.91 Å². The summed E-state index contributed by atoms with van der Waals surface area (Å²) in [5, 5.41) is 0. The molecule has 0 unspecified atom stereocenters. The molecule has 2 heterocycles. The first-order valence-corrected chi connectivity index (χ1v) is 6.73. The van der Waals surface area contributed by atoms with Gasteiger partial charge in [-0.05, 0) is 35.9 Å². The molecule has 1 aromatic carbocycles. The Balaban J connectivity index is 1.55. The number of pyridine rings is 1. The van der Waals surface area contributed by atoms with Crippen LogP contribution in [0.3, 0.4) is 0 Å². The number of hydrogen-bond donors (Lipinski definition) is 0. The lowest BCUT2D eigenvalue weighted by molar-refractivity contribution is -0.134. The summed E-state index contributed by atoms with van der Waals surface area (Å²) in [7, 11) is 1.61. The molecule has 1 amide bonds. The molecule has 3 rings (SSSR count). The van der Waals surface area contributed by atoms with Crippen LogP contribution >= 0.6 is 0 Å².